The van der Waals surface area contributed by atoms with Gasteiger partial charge in [0.2, 0.25) is 0 Å². The van der Waals surface area contributed by atoms with E-state index in [4.69, 9.17) is 9.47 Å². The average molecular weight is 294 g/mol. The third kappa shape index (κ3) is 2.96. The van der Waals surface area contributed by atoms with Crippen LogP contribution in [0.25, 0.3) is 0 Å². The van der Waals surface area contributed by atoms with Gasteiger partial charge in [-0.3, -0.25) is 0 Å². The highest BCUT2D eigenvalue weighted by Gasteiger charge is 2.40. The number of methoxy groups -OCH3 is 3. The summed E-state index contributed by atoms with van der Waals surface area (Å²) in [7, 11) is 3.27. The molecule has 8 heteroatoms. The van der Waals surface area contributed by atoms with E-state index in [-0.39, 0.29) is 11.5 Å². The Balaban J connectivity index is 3.60. The highest BCUT2D eigenvalue weighted by Crippen LogP contribution is 2.44. The van der Waals surface area contributed by atoms with Crippen LogP contribution in [0.1, 0.15) is 17.2 Å². The van der Waals surface area contributed by atoms with E-state index < -0.39 is 29.4 Å². The molecule has 0 heterocycles. The van der Waals surface area contributed by atoms with Crippen LogP contribution < -0.4 is 9.47 Å². The lowest BCUT2D eigenvalue weighted by atomic mass is 9.99. The van der Waals surface area contributed by atoms with Gasteiger partial charge < -0.3 is 19.3 Å². The van der Waals surface area contributed by atoms with Crippen molar-refractivity contribution < 1.29 is 37.3 Å². The molecule has 1 N–H and O–H groups in total. The van der Waals surface area contributed by atoms with Crippen LogP contribution in [0.5, 0.6) is 11.5 Å². The van der Waals surface area contributed by atoms with Crippen LogP contribution in [0.3, 0.4) is 0 Å². The summed E-state index contributed by atoms with van der Waals surface area (Å²) in [6.07, 6.45) is -6.91. The molecule has 0 saturated heterocycles. The first-order valence-corrected chi connectivity index (χ1v) is 5.35. The third-order valence-corrected chi connectivity index (χ3v) is 2.59. The van der Waals surface area contributed by atoms with Crippen LogP contribution in [-0.4, -0.2) is 32.4 Å². The molecule has 0 bridgehead atoms. The van der Waals surface area contributed by atoms with E-state index in [0.717, 1.165) is 20.3 Å². The Morgan fingerprint density at radius 2 is 1.80 bits per heavy atom. The average Bonchev–Trinajstić information content (AvgIpc) is 2.42. The van der Waals surface area contributed by atoms with E-state index in [1.807, 2.05) is 0 Å². The van der Waals surface area contributed by atoms with Crippen molar-refractivity contribution in [2.45, 2.75) is 12.3 Å². The minimum absolute atomic E-state index is 0.0431. The lowest BCUT2D eigenvalue weighted by Crippen LogP contribution is -2.20. The zero-order valence-electron chi connectivity index (χ0n) is 10.9. The van der Waals surface area contributed by atoms with Crippen LogP contribution in [0.4, 0.5) is 13.2 Å². The first-order valence-electron chi connectivity index (χ1n) is 5.35. The van der Waals surface area contributed by atoms with Gasteiger partial charge in [-0.1, -0.05) is 0 Å². The maximum absolute atomic E-state index is 13.0. The van der Waals surface area contributed by atoms with E-state index in [9.17, 15) is 23.1 Å². The molecule has 0 aliphatic heterocycles. The summed E-state index contributed by atoms with van der Waals surface area (Å²) < 4.78 is 52.8. The maximum atomic E-state index is 13.0. The van der Waals surface area contributed by atoms with Crippen molar-refractivity contribution in [3.63, 3.8) is 0 Å². The molecule has 1 aromatic carbocycles. The van der Waals surface area contributed by atoms with Crippen LogP contribution in [0.2, 0.25) is 0 Å². The van der Waals surface area contributed by atoms with E-state index >= 15 is 0 Å². The minimum atomic E-state index is -4.77. The second-order valence-corrected chi connectivity index (χ2v) is 3.69. The molecule has 5 nitrogen and oxygen atoms in total. The molecule has 1 unspecified atom stereocenters. The van der Waals surface area contributed by atoms with Gasteiger partial charge in [0.1, 0.15) is 0 Å². The Labute approximate surface area is 112 Å². The molecular formula is C12H13F3O5. The largest absolute Gasteiger partial charge is 0.493 e. The second kappa shape index (κ2) is 6.00. The Bertz CT molecular complexity index is 499. The number of ether oxygens (including phenoxy) is 3. The molecule has 1 rings (SSSR count). The summed E-state index contributed by atoms with van der Waals surface area (Å²) in [4.78, 5) is 11.3. The number of hydrogen-bond acceptors (Lipinski definition) is 5. The molecule has 0 spiro atoms. The molecule has 0 saturated carbocycles. The maximum Gasteiger partial charge on any atom is 0.416 e. The summed E-state index contributed by atoms with van der Waals surface area (Å²) in [5.41, 5.74) is -1.95. The fourth-order valence-electron chi connectivity index (χ4n) is 1.70. The summed E-state index contributed by atoms with van der Waals surface area (Å²) in [6.45, 7) is 0. The fourth-order valence-corrected chi connectivity index (χ4v) is 1.70. The van der Waals surface area contributed by atoms with E-state index in [1.54, 1.807) is 0 Å². The number of aliphatic hydroxyl groups excluding tert-OH is 1. The van der Waals surface area contributed by atoms with Gasteiger partial charge in [-0.15, -0.1) is 0 Å². The van der Waals surface area contributed by atoms with Gasteiger partial charge >= 0.3 is 12.1 Å². The van der Waals surface area contributed by atoms with Crippen molar-refractivity contribution in [2.75, 3.05) is 21.3 Å². The highest BCUT2D eigenvalue weighted by molar-refractivity contribution is 5.78. The van der Waals surface area contributed by atoms with Crippen molar-refractivity contribution in [3.8, 4) is 11.5 Å². The Hall–Kier alpha value is -1.96. The van der Waals surface area contributed by atoms with Crippen LogP contribution in [0.15, 0.2) is 12.1 Å². The highest BCUT2D eigenvalue weighted by atomic mass is 19.4. The Morgan fingerprint density at radius 1 is 1.20 bits per heavy atom. The monoisotopic (exact) mass is 294 g/mol. The van der Waals surface area contributed by atoms with Crippen molar-refractivity contribution in [1.82, 2.24) is 0 Å². The molecule has 112 valence electrons. The molecule has 0 aromatic heterocycles. The number of benzene rings is 1. The lowest BCUT2D eigenvalue weighted by Gasteiger charge is -2.20. The van der Waals surface area contributed by atoms with Gasteiger partial charge in [0.15, 0.2) is 17.6 Å². The molecule has 0 amide bonds. The number of carbonyl (C=O) groups excluding carboxylic acids is 1. The number of halogens is 3. The summed E-state index contributed by atoms with van der Waals surface area (Å²) >= 11 is 0. The summed E-state index contributed by atoms with van der Waals surface area (Å²) in [5, 5.41) is 9.76. The van der Waals surface area contributed by atoms with Crippen molar-refractivity contribution >= 4 is 5.97 Å². The number of aliphatic hydroxyl groups is 1. The van der Waals surface area contributed by atoms with Gasteiger partial charge in [-0.2, -0.15) is 13.2 Å². The van der Waals surface area contributed by atoms with Crippen LogP contribution in [-0.2, 0) is 15.7 Å². The second-order valence-electron chi connectivity index (χ2n) is 3.69. The van der Waals surface area contributed by atoms with Crippen LogP contribution >= 0.6 is 0 Å². The topological polar surface area (TPSA) is 65.0 Å². The number of esters is 1. The molecule has 1 atom stereocenters. The SMILES string of the molecule is COC(=O)C(O)c1c(C(F)(F)F)ccc(OC)c1OC. The van der Waals surface area contributed by atoms with Crippen molar-refractivity contribution in [3.05, 3.63) is 23.3 Å². The summed E-state index contributed by atoms with van der Waals surface area (Å²) in [6, 6.07) is 1.73. The predicted octanol–water partition coefficient (Wildman–Crippen LogP) is 1.93. The molecule has 0 fully saturated rings. The smallest absolute Gasteiger partial charge is 0.416 e. The van der Waals surface area contributed by atoms with Crippen molar-refractivity contribution in [1.29, 1.82) is 0 Å². The number of alkyl halides is 3. The first-order chi connectivity index (χ1) is 9.27. The number of hydrogen-bond donors (Lipinski definition) is 1. The fraction of sp³-hybridized carbons (Fsp3) is 0.417. The first kappa shape index (κ1) is 16.1. The zero-order chi connectivity index (χ0) is 15.5. The van der Waals surface area contributed by atoms with Crippen LogP contribution in [0, 0.1) is 0 Å². The molecule has 1 aromatic rings. The lowest BCUT2D eigenvalue weighted by molar-refractivity contribution is -0.152. The molecule has 0 aliphatic carbocycles. The van der Waals surface area contributed by atoms with Gasteiger partial charge in [0, 0.05) is 5.56 Å². The van der Waals surface area contributed by atoms with E-state index in [0.29, 0.717) is 6.07 Å². The molecule has 0 aliphatic rings. The van der Waals surface area contributed by atoms with E-state index in [1.165, 1.54) is 7.11 Å². The molecular weight excluding hydrogens is 281 g/mol. The third-order valence-electron chi connectivity index (χ3n) is 2.59. The standard InChI is InChI=1S/C12H13F3O5/c1-18-7-5-4-6(12(13,14)15)8(10(7)19-2)9(16)11(17)20-3/h4-5,9,16H,1-3H3. The predicted molar refractivity (Wildman–Crippen MR) is 61.5 cm³/mol. The summed E-state index contributed by atoms with van der Waals surface area (Å²) in [5.74, 6) is -1.65. The number of carbonyl (C=O) groups is 1. The zero-order valence-corrected chi connectivity index (χ0v) is 10.9. The van der Waals surface area contributed by atoms with Gasteiger partial charge in [-0.25, -0.2) is 4.79 Å². The Morgan fingerprint density at radius 3 is 2.20 bits per heavy atom. The minimum Gasteiger partial charge on any atom is -0.493 e. The normalized spacial score (nSPS) is 12.8. The Kier molecular flexibility index (Phi) is 4.83. The van der Waals surface area contributed by atoms with Gasteiger partial charge in [0.05, 0.1) is 26.9 Å². The number of rotatable bonds is 4. The quantitative estimate of drug-likeness (QED) is 0.860. The van der Waals surface area contributed by atoms with Gasteiger partial charge in [-0.05, 0) is 12.1 Å². The molecule has 0 radical (unpaired) electrons. The van der Waals surface area contributed by atoms with Gasteiger partial charge in [0.25, 0.3) is 0 Å². The molecule has 20 heavy (non-hydrogen) atoms. The van der Waals surface area contributed by atoms with Crippen molar-refractivity contribution in [2.24, 2.45) is 0 Å². The van der Waals surface area contributed by atoms with E-state index in [2.05, 4.69) is 4.74 Å².